The summed E-state index contributed by atoms with van der Waals surface area (Å²) in [6, 6.07) is 13.5. The van der Waals surface area contributed by atoms with E-state index in [1.807, 2.05) is 6.92 Å². The normalized spacial score (nSPS) is 11.2. The number of benzene rings is 2. The number of aryl methyl sites for hydroxylation is 1. The number of sulfonamides is 1. The van der Waals surface area contributed by atoms with E-state index in [9.17, 15) is 13.2 Å². The fraction of sp³-hybridized carbons (Fsp3) is 0.235. The maximum atomic E-state index is 12.2. The second-order valence-corrected chi connectivity index (χ2v) is 7.05. The predicted molar refractivity (Wildman–Crippen MR) is 89.6 cm³/mol. The van der Waals surface area contributed by atoms with Crippen molar-refractivity contribution < 1.29 is 23.1 Å². The van der Waals surface area contributed by atoms with Gasteiger partial charge in [0.15, 0.2) is 6.61 Å². The summed E-state index contributed by atoms with van der Waals surface area (Å²) >= 11 is 0. The molecule has 0 atom stereocenters. The Balaban J connectivity index is 1.87. The first-order chi connectivity index (χ1) is 11.4. The molecule has 128 valence electrons. The molecule has 0 saturated heterocycles. The van der Waals surface area contributed by atoms with Gasteiger partial charge in [0.25, 0.3) is 0 Å². The van der Waals surface area contributed by atoms with Crippen molar-refractivity contribution in [2.45, 2.75) is 18.2 Å². The largest absolute Gasteiger partial charge is 0.482 e. The Kier molecular flexibility index (Phi) is 5.94. The minimum absolute atomic E-state index is 0.241. The van der Waals surface area contributed by atoms with Crippen molar-refractivity contribution >= 4 is 16.0 Å². The molecule has 0 heterocycles. The first-order valence-electron chi connectivity index (χ1n) is 7.37. The molecule has 0 fully saturated rings. The smallest absolute Gasteiger partial charge is 0.341 e. The number of aliphatic carboxylic acids is 1. The van der Waals surface area contributed by atoms with E-state index in [4.69, 9.17) is 9.84 Å². The zero-order valence-electron chi connectivity index (χ0n) is 13.2. The summed E-state index contributed by atoms with van der Waals surface area (Å²) in [6.07, 6.45) is 0.518. The lowest BCUT2D eigenvalue weighted by Gasteiger charge is -2.08. The van der Waals surface area contributed by atoms with E-state index >= 15 is 0 Å². The molecule has 0 unspecified atom stereocenters. The zero-order chi connectivity index (χ0) is 17.6. The quantitative estimate of drug-likeness (QED) is 0.760. The van der Waals surface area contributed by atoms with Gasteiger partial charge in [-0.15, -0.1) is 0 Å². The Labute approximate surface area is 141 Å². The molecule has 2 aromatic carbocycles. The monoisotopic (exact) mass is 349 g/mol. The van der Waals surface area contributed by atoms with Gasteiger partial charge < -0.3 is 9.84 Å². The first kappa shape index (κ1) is 18.0. The van der Waals surface area contributed by atoms with E-state index < -0.39 is 22.6 Å². The van der Waals surface area contributed by atoms with Crippen LogP contribution in [0.4, 0.5) is 0 Å². The van der Waals surface area contributed by atoms with Gasteiger partial charge in [-0.1, -0.05) is 29.8 Å². The Morgan fingerprint density at radius 2 is 1.71 bits per heavy atom. The van der Waals surface area contributed by atoms with Gasteiger partial charge in [-0.05, 0) is 43.2 Å². The van der Waals surface area contributed by atoms with Crippen LogP contribution in [0.25, 0.3) is 0 Å². The highest BCUT2D eigenvalue weighted by Crippen LogP contribution is 2.13. The van der Waals surface area contributed by atoms with Crippen LogP contribution in [0.15, 0.2) is 53.4 Å². The third-order valence-corrected chi connectivity index (χ3v) is 4.80. The van der Waals surface area contributed by atoms with Crippen molar-refractivity contribution in [2.24, 2.45) is 0 Å². The topological polar surface area (TPSA) is 92.7 Å². The molecular formula is C17H19NO5S. The van der Waals surface area contributed by atoms with Crippen molar-refractivity contribution in [3.05, 3.63) is 59.7 Å². The van der Waals surface area contributed by atoms with Crippen molar-refractivity contribution in [1.82, 2.24) is 4.72 Å². The molecule has 2 rings (SSSR count). The molecule has 0 amide bonds. The molecule has 0 spiro atoms. The van der Waals surface area contributed by atoms with Crippen molar-refractivity contribution in [3.8, 4) is 5.75 Å². The van der Waals surface area contributed by atoms with E-state index in [-0.39, 0.29) is 11.4 Å². The molecule has 2 N–H and O–H groups in total. The van der Waals surface area contributed by atoms with Gasteiger partial charge >= 0.3 is 5.97 Å². The minimum atomic E-state index is -3.51. The lowest BCUT2D eigenvalue weighted by molar-refractivity contribution is -0.139. The number of carboxylic acid groups (broad SMARTS) is 1. The molecule has 0 aromatic heterocycles. The standard InChI is InChI=1S/C17H19NO5S/c1-13-2-8-16(9-3-13)24(21,22)18-11-10-14-4-6-15(7-5-14)23-12-17(19)20/h2-9,18H,10-12H2,1H3,(H,19,20). The van der Waals surface area contributed by atoms with Crippen LogP contribution >= 0.6 is 0 Å². The van der Waals surface area contributed by atoms with Crippen molar-refractivity contribution in [3.63, 3.8) is 0 Å². The van der Waals surface area contributed by atoms with Crippen LogP contribution in [0.1, 0.15) is 11.1 Å². The van der Waals surface area contributed by atoms with Crippen LogP contribution in [-0.4, -0.2) is 32.6 Å². The molecule has 7 heteroatoms. The molecule has 0 radical (unpaired) electrons. The second kappa shape index (κ2) is 7.94. The first-order valence-corrected chi connectivity index (χ1v) is 8.85. The van der Waals surface area contributed by atoms with Gasteiger partial charge in [0.05, 0.1) is 4.90 Å². The van der Waals surface area contributed by atoms with Crippen molar-refractivity contribution in [2.75, 3.05) is 13.2 Å². The van der Waals surface area contributed by atoms with Crippen molar-refractivity contribution in [1.29, 1.82) is 0 Å². The number of ether oxygens (including phenoxy) is 1. The molecule has 0 bridgehead atoms. The molecule has 6 nitrogen and oxygen atoms in total. The summed E-state index contributed by atoms with van der Waals surface area (Å²) in [7, 11) is -3.51. The van der Waals surface area contributed by atoms with E-state index in [1.54, 1.807) is 48.5 Å². The summed E-state index contributed by atoms with van der Waals surface area (Å²) < 4.78 is 31.9. The number of nitrogens with one attached hydrogen (secondary N) is 1. The van der Waals surface area contributed by atoms with Crippen LogP contribution in [0.5, 0.6) is 5.75 Å². The minimum Gasteiger partial charge on any atom is -0.482 e. The summed E-state index contributed by atoms with van der Waals surface area (Å²) in [5, 5.41) is 8.54. The van der Waals surface area contributed by atoms with Gasteiger partial charge in [0.2, 0.25) is 10.0 Å². The van der Waals surface area contributed by atoms with E-state index in [1.165, 1.54) is 0 Å². The van der Waals surface area contributed by atoms with E-state index in [0.29, 0.717) is 12.2 Å². The second-order valence-electron chi connectivity index (χ2n) is 5.29. The highest BCUT2D eigenvalue weighted by molar-refractivity contribution is 7.89. The van der Waals surface area contributed by atoms with Gasteiger partial charge in [0, 0.05) is 6.54 Å². The Hall–Kier alpha value is -2.38. The molecule has 0 aliphatic heterocycles. The zero-order valence-corrected chi connectivity index (χ0v) is 14.0. The van der Waals surface area contributed by atoms with E-state index in [0.717, 1.165) is 11.1 Å². The highest BCUT2D eigenvalue weighted by Gasteiger charge is 2.12. The molecule has 0 saturated carbocycles. The average Bonchev–Trinajstić information content (AvgIpc) is 2.54. The molecule has 0 aliphatic rings. The maximum Gasteiger partial charge on any atom is 0.341 e. The Bertz CT molecular complexity index is 783. The molecule has 2 aromatic rings. The van der Waals surface area contributed by atoms with Gasteiger partial charge in [-0.3, -0.25) is 0 Å². The van der Waals surface area contributed by atoms with E-state index in [2.05, 4.69) is 4.72 Å². The summed E-state index contributed by atoms with van der Waals surface area (Å²) in [6.45, 7) is 1.77. The third kappa shape index (κ3) is 5.36. The third-order valence-electron chi connectivity index (χ3n) is 3.32. The van der Waals surface area contributed by atoms with Gasteiger partial charge in [0.1, 0.15) is 5.75 Å². The number of hydrogen-bond donors (Lipinski definition) is 2. The lowest BCUT2D eigenvalue weighted by Crippen LogP contribution is -2.25. The summed E-state index contributed by atoms with van der Waals surface area (Å²) in [5.74, 6) is -0.578. The Morgan fingerprint density at radius 3 is 2.29 bits per heavy atom. The fourth-order valence-corrected chi connectivity index (χ4v) is 3.06. The summed E-state index contributed by atoms with van der Waals surface area (Å²) in [5.41, 5.74) is 1.92. The summed E-state index contributed by atoms with van der Waals surface area (Å²) in [4.78, 5) is 10.7. The molecule has 0 aliphatic carbocycles. The fourth-order valence-electron chi connectivity index (χ4n) is 2.03. The number of rotatable bonds is 8. The van der Waals surface area contributed by atoms with Crippen LogP contribution in [0.2, 0.25) is 0 Å². The number of carboxylic acids is 1. The highest BCUT2D eigenvalue weighted by atomic mass is 32.2. The van der Waals surface area contributed by atoms with Crippen LogP contribution in [-0.2, 0) is 21.2 Å². The number of hydrogen-bond acceptors (Lipinski definition) is 4. The Morgan fingerprint density at radius 1 is 1.08 bits per heavy atom. The van der Waals surface area contributed by atoms with Gasteiger partial charge in [-0.25, -0.2) is 17.9 Å². The SMILES string of the molecule is Cc1ccc(S(=O)(=O)NCCc2ccc(OCC(=O)O)cc2)cc1. The average molecular weight is 349 g/mol. The van der Waals surface area contributed by atoms with Crippen LogP contribution in [0, 0.1) is 6.92 Å². The number of carbonyl (C=O) groups is 1. The van der Waals surface area contributed by atoms with Crippen LogP contribution < -0.4 is 9.46 Å². The molecule has 24 heavy (non-hydrogen) atoms. The maximum absolute atomic E-state index is 12.2. The van der Waals surface area contributed by atoms with Crippen LogP contribution in [0.3, 0.4) is 0 Å². The van der Waals surface area contributed by atoms with Gasteiger partial charge in [-0.2, -0.15) is 0 Å². The predicted octanol–water partition coefficient (Wildman–Crippen LogP) is 1.98. The molecular weight excluding hydrogens is 330 g/mol. The lowest BCUT2D eigenvalue weighted by atomic mass is 10.1.